The number of piperidine rings is 1. The first-order chi connectivity index (χ1) is 7.50. The molecule has 16 heavy (non-hydrogen) atoms. The molecule has 1 unspecified atom stereocenters. The largest absolute Gasteiger partial charge is 0.336 e. The van der Waals surface area contributed by atoms with Crippen molar-refractivity contribution in [1.82, 2.24) is 10.2 Å². The quantitative estimate of drug-likeness (QED) is 0.799. The Hall–Kier alpha value is -1.06. The summed E-state index contributed by atoms with van der Waals surface area (Å²) >= 11 is 0. The molecule has 1 fully saturated rings. The normalized spacial score (nSPS) is 21.0. The Kier molecular flexibility index (Phi) is 4.77. The molecule has 1 atom stereocenters. The zero-order valence-electron chi connectivity index (χ0n) is 10.5. The standard InChI is InChI=1S/C12H22N2O2/c1-9(2)13-12(16)14-7-5-4-6-11(14)8-10(3)15/h9,11H,4-8H2,1-3H3,(H,13,16). The molecule has 1 aliphatic rings. The summed E-state index contributed by atoms with van der Waals surface area (Å²) in [6.45, 7) is 6.26. The Morgan fingerprint density at radius 1 is 1.38 bits per heavy atom. The van der Waals surface area contributed by atoms with Gasteiger partial charge in [0.05, 0.1) is 0 Å². The van der Waals surface area contributed by atoms with Crippen LogP contribution in [-0.2, 0) is 4.79 Å². The molecule has 0 aromatic heterocycles. The van der Waals surface area contributed by atoms with Crippen LogP contribution in [-0.4, -0.2) is 35.3 Å². The molecule has 0 bridgehead atoms. The highest BCUT2D eigenvalue weighted by Gasteiger charge is 2.27. The van der Waals surface area contributed by atoms with Gasteiger partial charge < -0.3 is 10.2 Å². The van der Waals surface area contributed by atoms with Crippen LogP contribution in [0.5, 0.6) is 0 Å². The topological polar surface area (TPSA) is 49.4 Å². The molecule has 4 heteroatoms. The number of likely N-dealkylation sites (tertiary alicyclic amines) is 1. The minimum atomic E-state index is -0.0269. The summed E-state index contributed by atoms with van der Waals surface area (Å²) < 4.78 is 0. The fourth-order valence-electron chi connectivity index (χ4n) is 2.14. The van der Waals surface area contributed by atoms with Crippen LogP contribution >= 0.6 is 0 Å². The lowest BCUT2D eigenvalue weighted by atomic mass is 9.98. The first-order valence-corrected chi connectivity index (χ1v) is 6.07. The summed E-state index contributed by atoms with van der Waals surface area (Å²) in [4.78, 5) is 24.9. The first kappa shape index (κ1) is 13.0. The van der Waals surface area contributed by atoms with E-state index >= 15 is 0 Å². The Labute approximate surface area is 97.4 Å². The summed E-state index contributed by atoms with van der Waals surface area (Å²) in [5.74, 6) is 0.161. The van der Waals surface area contributed by atoms with Crippen molar-refractivity contribution in [2.75, 3.05) is 6.54 Å². The summed E-state index contributed by atoms with van der Waals surface area (Å²) in [5, 5.41) is 2.89. The van der Waals surface area contributed by atoms with E-state index in [-0.39, 0.29) is 23.9 Å². The van der Waals surface area contributed by atoms with E-state index in [9.17, 15) is 9.59 Å². The zero-order chi connectivity index (χ0) is 12.1. The van der Waals surface area contributed by atoms with Gasteiger partial charge in [0.1, 0.15) is 5.78 Å². The van der Waals surface area contributed by atoms with E-state index in [4.69, 9.17) is 0 Å². The van der Waals surface area contributed by atoms with Crippen LogP contribution in [0.15, 0.2) is 0 Å². The number of ketones is 1. The maximum absolute atomic E-state index is 11.9. The van der Waals surface area contributed by atoms with E-state index in [0.29, 0.717) is 6.42 Å². The SMILES string of the molecule is CC(=O)CC1CCCCN1C(=O)NC(C)C. The van der Waals surface area contributed by atoms with Crippen LogP contribution in [0.4, 0.5) is 4.79 Å². The zero-order valence-corrected chi connectivity index (χ0v) is 10.5. The molecule has 0 aliphatic carbocycles. The van der Waals surface area contributed by atoms with Crippen molar-refractivity contribution < 1.29 is 9.59 Å². The third-order valence-corrected chi connectivity index (χ3v) is 2.82. The number of hydrogen-bond acceptors (Lipinski definition) is 2. The van der Waals surface area contributed by atoms with Gasteiger partial charge in [-0.25, -0.2) is 4.79 Å². The predicted molar refractivity (Wildman–Crippen MR) is 63.3 cm³/mol. The molecule has 1 rings (SSSR count). The van der Waals surface area contributed by atoms with Gasteiger partial charge in [-0.15, -0.1) is 0 Å². The number of carbonyl (C=O) groups excluding carboxylic acids is 2. The average molecular weight is 226 g/mol. The van der Waals surface area contributed by atoms with Crippen molar-refractivity contribution in [3.63, 3.8) is 0 Å². The van der Waals surface area contributed by atoms with E-state index in [1.54, 1.807) is 6.92 Å². The third kappa shape index (κ3) is 3.83. The summed E-state index contributed by atoms with van der Waals surface area (Å²) in [6.07, 6.45) is 3.60. The van der Waals surface area contributed by atoms with Crippen molar-refractivity contribution in [2.45, 2.75) is 58.5 Å². The molecular formula is C12H22N2O2. The Morgan fingerprint density at radius 2 is 2.06 bits per heavy atom. The second-order valence-corrected chi connectivity index (χ2v) is 4.85. The number of nitrogens with one attached hydrogen (secondary N) is 1. The van der Waals surface area contributed by atoms with Gasteiger partial charge in [-0.05, 0) is 40.0 Å². The van der Waals surface area contributed by atoms with Crippen molar-refractivity contribution in [3.8, 4) is 0 Å². The Morgan fingerprint density at radius 3 is 2.62 bits per heavy atom. The summed E-state index contributed by atoms with van der Waals surface area (Å²) in [7, 11) is 0. The molecule has 1 aliphatic heterocycles. The van der Waals surface area contributed by atoms with Gasteiger partial charge in [0.15, 0.2) is 0 Å². The highest BCUT2D eigenvalue weighted by Crippen LogP contribution is 2.20. The monoisotopic (exact) mass is 226 g/mol. The van der Waals surface area contributed by atoms with Crippen LogP contribution in [0.25, 0.3) is 0 Å². The number of urea groups is 1. The van der Waals surface area contributed by atoms with Gasteiger partial charge in [0, 0.05) is 25.0 Å². The molecular weight excluding hydrogens is 204 g/mol. The van der Waals surface area contributed by atoms with Gasteiger partial charge in [-0.2, -0.15) is 0 Å². The number of nitrogens with zero attached hydrogens (tertiary/aromatic N) is 1. The van der Waals surface area contributed by atoms with Crippen molar-refractivity contribution in [1.29, 1.82) is 0 Å². The molecule has 0 spiro atoms. The highest BCUT2D eigenvalue weighted by molar-refractivity contribution is 5.79. The Balaban J connectivity index is 2.58. The van der Waals surface area contributed by atoms with Gasteiger partial charge in [0.25, 0.3) is 0 Å². The van der Waals surface area contributed by atoms with Crippen LogP contribution in [0.3, 0.4) is 0 Å². The molecule has 1 saturated heterocycles. The van der Waals surface area contributed by atoms with Crippen LogP contribution in [0.2, 0.25) is 0 Å². The van der Waals surface area contributed by atoms with E-state index in [2.05, 4.69) is 5.32 Å². The molecule has 1 heterocycles. The lowest BCUT2D eigenvalue weighted by molar-refractivity contribution is -0.118. The van der Waals surface area contributed by atoms with Gasteiger partial charge >= 0.3 is 6.03 Å². The van der Waals surface area contributed by atoms with Crippen LogP contribution in [0.1, 0.15) is 46.5 Å². The molecule has 2 amide bonds. The highest BCUT2D eigenvalue weighted by atomic mass is 16.2. The molecule has 0 radical (unpaired) electrons. The van der Waals surface area contributed by atoms with Crippen LogP contribution in [0, 0.1) is 0 Å². The molecule has 1 N–H and O–H groups in total. The number of hydrogen-bond donors (Lipinski definition) is 1. The fourth-order valence-corrected chi connectivity index (χ4v) is 2.14. The number of carbonyl (C=O) groups is 2. The second-order valence-electron chi connectivity index (χ2n) is 4.85. The number of Topliss-reactive ketones (excluding diaryl/α,β-unsaturated/α-hetero) is 1. The smallest absolute Gasteiger partial charge is 0.317 e. The minimum absolute atomic E-state index is 0.0269. The van der Waals surface area contributed by atoms with Crippen molar-refractivity contribution in [2.24, 2.45) is 0 Å². The molecule has 0 saturated carbocycles. The molecule has 0 aromatic rings. The van der Waals surface area contributed by atoms with Crippen LogP contribution < -0.4 is 5.32 Å². The third-order valence-electron chi connectivity index (χ3n) is 2.82. The summed E-state index contributed by atoms with van der Waals surface area (Å²) in [5.41, 5.74) is 0. The van der Waals surface area contributed by atoms with Gasteiger partial charge in [0.2, 0.25) is 0 Å². The first-order valence-electron chi connectivity index (χ1n) is 6.07. The van der Waals surface area contributed by atoms with E-state index in [0.717, 1.165) is 25.8 Å². The van der Waals surface area contributed by atoms with Gasteiger partial charge in [-0.3, -0.25) is 4.79 Å². The fraction of sp³-hybridized carbons (Fsp3) is 0.833. The maximum atomic E-state index is 11.9. The molecule has 4 nitrogen and oxygen atoms in total. The lowest BCUT2D eigenvalue weighted by Crippen LogP contribution is -2.50. The predicted octanol–water partition coefficient (Wildman–Crippen LogP) is 1.94. The van der Waals surface area contributed by atoms with Gasteiger partial charge in [-0.1, -0.05) is 0 Å². The lowest BCUT2D eigenvalue weighted by Gasteiger charge is -2.35. The Bertz CT molecular complexity index is 264. The van der Waals surface area contributed by atoms with Crippen molar-refractivity contribution >= 4 is 11.8 Å². The summed E-state index contributed by atoms with van der Waals surface area (Å²) in [6, 6.07) is 0.221. The maximum Gasteiger partial charge on any atom is 0.317 e. The second kappa shape index (κ2) is 5.87. The van der Waals surface area contributed by atoms with Crippen molar-refractivity contribution in [3.05, 3.63) is 0 Å². The average Bonchev–Trinajstić information content (AvgIpc) is 2.16. The number of amides is 2. The van der Waals surface area contributed by atoms with E-state index in [1.807, 2.05) is 18.7 Å². The minimum Gasteiger partial charge on any atom is -0.336 e. The molecule has 92 valence electrons. The van der Waals surface area contributed by atoms with E-state index in [1.165, 1.54) is 0 Å². The van der Waals surface area contributed by atoms with E-state index < -0.39 is 0 Å². The number of rotatable bonds is 3. The molecule has 0 aromatic carbocycles.